The van der Waals surface area contributed by atoms with Crippen molar-refractivity contribution in [3.8, 4) is 0 Å². The van der Waals surface area contributed by atoms with Crippen LogP contribution in [-0.2, 0) is 19.1 Å². The first-order valence-corrected chi connectivity index (χ1v) is 18.3. The zero-order chi connectivity index (χ0) is 33.1. The van der Waals surface area contributed by atoms with E-state index in [4.69, 9.17) is 9.47 Å². The highest BCUT2D eigenvalue weighted by molar-refractivity contribution is 5.70. The van der Waals surface area contributed by atoms with Gasteiger partial charge in [-0.25, -0.2) is 0 Å². The lowest BCUT2D eigenvalue weighted by atomic mass is 10.0. The highest BCUT2D eigenvalue weighted by Gasteiger charge is 2.15. The number of esters is 2. The Hall–Kier alpha value is -2.18. The smallest absolute Gasteiger partial charge is 0.306 e. The maximum Gasteiger partial charge on any atom is 0.306 e. The molecule has 0 saturated heterocycles. The quantitative estimate of drug-likeness (QED) is 0.0332. The number of ether oxygens (including phenoxy) is 2. The number of carbonyl (C=O) groups is 2. The Morgan fingerprint density at radius 3 is 1.82 bits per heavy atom. The zero-order valence-electron chi connectivity index (χ0n) is 29.0. The van der Waals surface area contributed by atoms with Crippen molar-refractivity contribution >= 4 is 11.9 Å². The van der Waals surface area contributed by atoms with Crippen molar-refractivity contribution in [2.75, 3.05) is 13.2 Å². The molecule has 0 aromatic heterocycles. The Balaban J connectivity index is 3.76. The van der Waals surface area contributed by atoms with E-state index in [1.165, 1.54) is 83.5 Å². The van der Waals surface area contributed by atoms with E-state index in [0.717, 1.165) is 38.5 Å². The van der Waals surface area contributed by atoms with Gasteiger partial charge in [-0.05, 0) is 44.9 Å². The van der Waals surface area contributed by atoms with Crippen molar-refractivity contribution in [2.45, 2.75) is 174 Å². The van der Waals surface area contributed by atoms with Crippen LogP contribution < -0.4 is 0 Å². The van der Waals surface area contributed by atoms with Crippen LogP contribution in [0, 0.1) is 0 Å². The highest BCUT2D eigenvalue weighted by atomic mass is 16.6. The van der Waals surface area contributed by atoms with Gasteiger partial charge in [-0.1, -0.05) is 152 Å². The third kappa shape index (κ3) is 33.0. The fourth-order valence-electron chi connectivity index (χ4n) is 4.86. The summed E-state index contributed by atoms with van der Waals surface area (Å²) in [7, 11) is 0. The first-order valence-electron chi connectivity index (χ1n) is 18.3. The van der Waals surface area contributed by atoms with E-state index in [1.807, 2.05) is 36.5 Å². The molecular formula is C39H68O6. The van der Waals surface area contributed by atoms with Gasteiger partial charge in [-0.3, -0.25) is 9.59 Å². The van der Waals surface area contributed by atoms with E-state index in [2.05, 4.69) is 19.9 Å². The molecule has 0 heterocycles. The highest BCUT2D eigenvalue weighted by Crippen LogP contribution is 2.13. The van der Waals surface area contributed by atoms with Crippen molar-refractivity contribution in [2.24, 2.45) is 0 Å². The van der Waals surface area contributed by atoms with Gasteiger partial charge < -0.3 is 19.7 Å². The van der Waals surface area contributed by atoms with Crippen LogP contribution in [0.4, 0.5) is 0 Å². The summed E-state index contributed by atoms with van der Waals surface area (Å²) in [6.45, 7) is 3.97. The van der Waals surface area contributed by atoms with Crippen molar-refractivity contribution < 1.29 is 29.3 Å². The lowest BCUT2D eigenvalue weighted by Crippen LogP contribution is -2.28. The first-order chi connectivity index (χ1) is 22.0. The number of unbranched alkanes of at least 4 members (excludes halogenated alkanes) is 16. The average Bonchev–Trinajstić information content (AvgIpc) is 3.03. The Labute approximate surface area is 276 Å². The van der Waals surface area contributed by atoms with Crippen LogP contribution in [0.5, 0.6) is 0 Å². The Bertz CT molecular complexity index is 784. The normalized spacial score (nSPS) is 13.4. The molecule has 0 aromatic carbocycles. The van der Waals surface area contributed by atoms with E-state index in [1.54, 1.807) is 6.08 Å². The zero-order valence-corrected chi connectivity index (χ0v) is 29.0. The molecule has 260 valence electrons. The summed E-state index contributed by atoms with van der Waals surface area (Å²) in [6, 6.07) is 0. The van der Waals surface area contributed by atoms with Gasteiger partial charge in [0.15, 0.2) is 6.10 Å². The number of hydrogen-bond acceptors (Lipinski definition) is 6. The number of aliphatic hydroxyl groups is 2. The molecule has 0 fully saturated rings. The Morgan fingerprint density at radius 2 is 1.18 bits per heavy atom. The van der Waals surface area contributed by atoms with Gasteiger partial charge in [0.05, 0.1) is 12.7 Å². The molecule has 2 N–H and O–H groups in total. The Morgan fingerprint density at radius 1 is 0.622 bits per heavy atom. The molecule has 0 unspecified atom stereocenters. The average molecular weight is 633 g/mol. The standard InChI is InChI=1S/C39H68O6/c1-3-5-7-9-11-12-13-14-15-16-20-24-28-32-38(42)44-35-37(34-40)45-39(43)33-29-25-21-18-17-19-23-27-31-36(41)30-26-22-10-8-6-4-2/h18-19,21-23,26-27,31,36-37,40-41H,3-17,20,24-25,28-30,32-35H2,1-2H3/b21-18-,23-19-,26-22-,31-27+/t36-,37-/m0/s1. The molecule has 0 aliphatic carbocycles. The van der Waals surface area contributed by atoms with Crippen molar-refractivity contribution in [3.05, 3.63) is 48.6 Å². The molecule has 2 atom stereocenters. The summed E-state index contributed by atoms with van der Waals surface area (Å²) >= 11 is 0. The number of aliphatic hydroxyl groups excluding tert-OH is 2. The maximum atomic E-state index is 12.1. The molecule has 0 aromatic rings. The van der Waals surface area contributed by atoms with Gasteiger partial charge in [0.25, 0.3) is 0 Å². The largest absolute Gasteiger partial charge is 0.462 e. The number of allylic oxidation sites excluding steroid dienone is 6. The van der Waals surface area contributed by atoms with Gasteiger partial charge in [-0.2, -0.15) is 0 Å². The fourth-order valence-corrected chi connectivity index (χ4v) is 4.86. The van der Waals surface area contributed by atoms with Crippen LogP contribution >= 0.6 is 0 Å². The van der Waals surface area contributed by atoms with Gasteiger partial charge in [0.2, 0.25) is 0 Å². The molecule has 6 nitrogen and oxygen atoms in total. The Kier molecular flexibility index (Phi) is 33.0. The predicted octanol–water partition coefficient (Wildman–Crippen LogP) is 10.0. The minimum absolute atomic E-state index is 0.104. The summed E-state index contributed by atoms with van der Waals surface area (Å²) in [6.07, 6.45) is 39.1. The molecular weight excluding hydrogens is 564 g/mol. The first kappa shape index (κ1) is 42.8. The lowest BCUT2D eigenvalue weighted by molar-refractivity contribution is -0.161. The fraction of sp³-hybridized carbons (Fsp3) is 0.744. The predicted molar refractivity (Wildman–Crippen MR) is 188 cm³/mol. The number of carbonyl (C=O) groups excluding carboxylic acids is 2. The molecule has 0 aliphatic rings. The third-order valence-electron chi connectivity index (χ3n) is 7.71. The third-order valence-corrected chi connectivity index (χ3v) is 7.71. The molecule has 45 heavy (non-hydrogen) atoms. The van der Waals surface area contributed by atoms with Crippen LogP contribution in [0.3, 0.4) is 0 Å². The monoisotopic (exact) mass is 633 g/mol. The topological polar surface area (TPSA) is 93.1 Å². The van der Waals surface area contributed by atoms with E-state index in [-0.39, 0.29) is 25.6 Å². The maximum absolute atomic E-state index is 12.1. The van der Waals surface area contributed by atoms with Crippen molar-refractivity contribution in [3.63, 3.8) is 0 Å². The molecule has 0 aliphatic heterocycles. The van der Waals surface area contributed by atoms with E-state index < -0.39 is 18.2 Å². The van der Waals surface area contributed by atoms with Crippen LogP contribution in [0.15, 0.2) is 48.6 Å². The minimum atomic E-state index is -0.817. The van der Waals surface area contributed by atoms with Crippen LogP contribution in [0.25, 0.3) is 0 Å². The summed E-state index contributed by atoms with van der Waals surface area (Å²) < 4.78 is 10.5. The van der Waals surface area contributed by atoms with Crippen molar-refractivity contribution in [1.29, 1.82) is 0 Å². The molecule has 0 radical (unpaired) electrons. The van der Waals surface area contributed by atoms with Crippen LogP contribution in [0.2, 0.25) is 0 Å². The van der Waals surface area contributed by atoms with Gasteiger partial charge in [0.1, 0.15) is 6.61 Å². The summed E-state index contributed by atoms with van der Waals surface area (Å²) in [5, 5.41) is 19.5. The van der Waals surface area contributed by atoms with Crippen LogP contribution in [0.1, 0.15) is 162 Å². The molecule has 0 saturated carbocycles. The van der Waals surface area contributed by atoms with E-state index in [0.29, 0.717) is 19.3 Å². The SMILES string of the molecule is CCCCC/C=C\C[C@H](O)/C=C/C=C\C/C=C\CCCC(=O)O[C@@H](CO)COC(=O)CCCCCCCCCCCCCCC. The molecule has 0 rings (SSSR count). The molecule has 6 heteroatoms. The lowest BCUT2D eigenvalue weighted by Gasteiger charge is -2.15. The molecule has 0 spiro atoms. The van der Waals surface area contributed by atoms with Crippen molar-refractivity contribution in [1.82, 2.24) is 0 Å². The van der Waals surface area contributed by atoms with Gasteiger partial charge in [-0.15, -0.1) is 0 Å². The van der Waals surface area contributed by atoms with E-state index >= 15 is 0 Å². The number of hydrogen-bond donors (Lipinski definition) is 2. The second-order valence-corrected chi connectivity index (χ2v) is 12.2. The minimum Gasteiger partial charge on any atom is -0.462 e. The summed E-state index contributed by atoms with van der Waals surface area (Å²) in [4.78, 5) is 24.1. The number of rotatable bonds is 32. The molecule has 0 bridgehead atoms. The second kappa shape index (κ2) is 34.7. The van der Waals surface area contributed by atoms with E-state index in [9.17, 15) is 19.8 Å². The van der Waals surface area contributed by atoms with Crippen LogP contribution in [-0.4, -0.2) is 47.6 Å². The van der Waals surface area contributed by atoms with Gasteiger partial charge in [0, 0.05) is 12.8 Å². The summed E-state index contributed by atoms with van der Waals surface area (Å²) in [5.74, 6) is -0.696. The second-order valence-electron chi connectivity index (χ2n) is 12.2. The van der Waals surface area contributed by atoms with Gasteiger partial charge >= 0.3 is 11.9 Å². The summed E-state index contributed by atoms with van der Waals surface area (Å²) in [5.41, 5.74) is 0. The molecule has 0 amide bonds.